The molecule has 74 valence electrons. The van der Waals surface area contributed by atoms with Crippen LogP contribution in [0.4, 0.5) is 0 Å². The van der Waals surface area contributed by atoms with E-state index >= 15 is 0 Å². The molecule has 0 unspecified atom stereocenters. The van der Waals surface area contributed by atoms with Crippen LogP contribution in [0.25, 0.3) is 11.6 Å². The van der Waals surface area contributed by atoms with Crippen LogP contribution in [0.1, 0.15) is 5.82 Å². The third-order valence-electron chi connectivity index (χ3n) is 2.41. The van der Waals surface area contributed by atoms with E-state index in [0.29, 0.717) is 17.9 Å². The van der Waals surface area contributed by atoms with Gasteiger partial charge in [0.25, 0.3) is 5.56 Å². The van der Waals surface area contributed by atoms with E-state index < -0.39 is 0 Å². The van der Waals surface area contributed by atoms with Gasteiger partial charge in [-0.25, -0.2) is 0 Å². The third kappa shape index (κ3) is 1.06. The quantitative estimate of drug-likeness (QED) is 0.597. The molecule has 1 aliphatic rings. The van der Waals surface area contributed by atoms with Gasteiger partial charge in [0.05, 0.1) is 6.54 Å². The molecule has 0 N–H and O–H groups in total. The number of aromatic nitrogens is 3. The standard InChI is InChI=1S/C10H7N3O2/c14-7-3-5-12-8(6-7)10(15)11-9-2-1-4-13(9)12/h1-3,5-6H,4H2. The molecule has 0 atom stereocenters. The highest BCUT2D eigenvalue weighted by Gasteiger charge is 2.10. The zero-order valence-electron chi connectivity index (χ0n) is 7.75. The second-order valence-electron chi connectivity index (χ2n) is 3.35. The zero-order chi connectivity index (χ0) is 10.4. The second kappa shape index (κ2) is 2.66. The molecule has 0 saturated heterocycles. The summed E-state index contributed by atoms with van der Waals surface area (Å²) in [7, 11) is 0. The first-order valence-electron chi connectivity index (χ1n) is 4.56. The Hall–Kier alpha value is -2.17. The minimum atomic E-state index is -0.370. The highest BCUT2D eigenvalue weighted by Crippen LogP contribution is 2.07. The van der Waals surface area contributed by atoms with Crippen molar-refractivity contribution in [3.05, 3.63) is 50.8 Å². The predicted molar refractivity (Wildman–Crippen MR) is 54.8 cm³/mol. The van der Waals surface area contributed by atoms with Crippen LogP contribution in [-0.2, 0) is 6.54 Å². The molecule has 2 aromatic heterocycles. The highest BCUT2D eigenvalue weighted by molar-refractivity contribution is 5.49. The average Bonchev–Trinajstić information content (AvgIpc) is 2.66. The number of pyridine rings is 1. The van der Waals surface area contributed by atoms with Gasteiger partial charge in [-0.05, 0) is 6.08 Å². The Kier molecular flexibility index (Phi) is 1.45. The van der Waals surface area contributed by atoms with Gasteiger partial charge in [0.2, 0.25) is 0 Å². The number of hydrogen-bond acceptors (Lipinski definition) is 3. The Bertz CT molecular complexity index is 694. The van der Waals surface area contributed by atoms with Gasteiger partial charge >= 0.3 is 0 Å². The van der Waals surface area contributed by atoms with Gasteiger partial charge in [-0.15, -0.1) is 0 Å². The molecule has 0 spiro atoms. The summed E-state index contributed by atoms with van der Waals surface area (Å²) in [5.41, 5.74) is -0.235. The van der Waals surface area contributed by atoms with Gasteiger partial charge in [0, 0.05) is 18.3 Å². The van der Waals surface area contributed by atoms with E-state index in [2.05, 4.69) is 4.98 Å². The smallest absolute Gasteiger partial charge is 0.290 e. The molecule has 2 aromatic rings. The molecule has 0 aromatic carbocycles. The first kappa shape index (κ1) is 8.16. The lowest BCUT2D eigenvalue weighted by Gasteiger charge is -2.09. The minimum absolute atomic E-state index is 0.180. The van der Waals surface area contributed by atoms with Crippen LogP contribution in [0.5, 0.6) is 0 Å². The van der Waals surface area contributed by atoms with E-state index in [-0.39, 0.29) is 11.0 Å². The molecule has 5 nitrogen and oxygen atoms in total. The van der Waals surface area contributed by atoms with E-state index in [1.165, 1.54) is 12.1 Å². The van der Waals surface area contributed by atoms with Crippen LogP contribution < -0.4 is 11.0 Å². The summed E-state index contributed by atoms with van der Waals surface area (Å²) in [6, 6.07) is 2.74. The van der Waals surface area contributed by atoms with E-state index in [1.54, 1.807) is 16.8 Å². The molecule has 1 aliphatic heterocycles. The molecule has 5 heteroatoms. The first-order valence-corrected chi connectivity index (χ1v) is 4.56. The van der Waals surface area contributed by atoms with Crippen LogP contribution in [-0.4, -0.2) is 14.2 Å². The fourth-order valence-electron chi connectivity index (χ4n) is 1.74. The highest BCUT2D eigenvalue weighted by atomic mass is 16.1. The third-order valence-corrected chi connectivity index (χ3v) is 2.41. The molecular formula is C10H7N3O2. The predicted octanol–water partition coefficient (Wildman–Crippen LogP) is -0.117. The summed E-state index contributed by atoms with van der Waals surface area (Å²) in [6.45, 7) is 0.669. The van der Waals surface area contributed by atoms with E-state index in [0.717, 1.165) is 0 Å². The minimum Gasteiger partial charge on any atom is -0.290 e. The Balaban J connectivity index is 2.58. The number of allylic oxidation sites excluding steroid dienone is 1. The molecule has 0 radical (unpaired) electrons. The van der Waals surface area contributed by atoms with Crippen LogP contribution in [0, 0.1) is 0 Å². The summed E-state index contributed by atoms with van der Waals surface area (Å²) in [4.78, 5) is 26.6. The largest absolute Gasteiger partial charge is 0.297 e. The maximum absolute atomic E-state index is 11.6. The van der Waals surface area contributed by atoms with E-state index in [9.17, 15) is 9.59 Å². The van der Waals surface area contributed by atoms with Gasteiger partial charge < -0.3 is 0 Å². The van der Waals surface area contributed by atoms with Crippen molar-refractivity contribution in [3.63, 3.8) is 0 Å². The number of fused-ring (bicyclic) bond motifs is 3. The van der Waals surface area contributed by atoms with Crippen molar-refractivity contribution in [3.8, 4) is 0 Å². The Morgan fingerprint density at radius 3 is 3.07 bits per heavy atom. The van der Waals surface area contributed by atoms with Crippen LogP contribution in [0.3, 0.4) is 0 Å². The summed E-state index contributed by atoms with van der Waals surface area (Å²) in [6.07, 6.45) is 5.30. The van der Waals surface area contributed by atoms with Crippen LogP contribution in [0.15, 0.2) is 34.0 Å². The molecular weight excluding hydrogens is 194 g/mol. The summed E-state index contributed by atoms with van der Waals surface area (Å²) in [5.74, 6) is 0.621. The van der Waals surface area contributed by atoms with Gasteiger partial charge in [-0.3, -0.25) is 18.8 Å². The lowest BCUT2D eigenvalue weighted by Crippen LogP contribution is -2.23. The lowest BCUT2D eigenvalue weighted by atomic mass is 10.4. The van der Waals surface area contributed by atoms with E-state index in [4.69, 9.17) is 0 Å². The molecule has 15 heavy (non-hydrogen) atoms. The second-order valence-corrected chi connectivity index (χ2v) is 3.35. The number of nitrogens with zero attached hydrogens (tertiary/aromatic N) is 3. The topological polar surface area (TPSA) is 56.4 Å². The molecule has 0 amide bonds. The van der Waals surface area contributed by atoms with Gasteiger partial charge in [0.15, 0.2) is 11.3 Å². The number of rotatable bonds is 0. The molecule has 3 heterocycles. The fraction of sp³-hybridized carbons (Fsp3) is 0.100. The molecule has 0 fully saturated rings. The van der Waals surface area contributed by atoms with Crippen molar-refractivity contribution in [2.24, 2.45) is 0 Å². The Labute approximate surface area is 83.9 Å². The molecule has 0 bridgehead atoms. The maximum atomic E-state index is 11.6. The lowest BCUT2D eigenvalue weighted by molar-refractivity contribution is 0.618. The SMILES string of the molecule is O=c1ccn2c(c1)c(=O)nc1n2CC=C1. The number of hydrogen-bond donors (Lipinski definition) is 0. The normalized spacial score (nSPS) is 13.3. The molecule has 0 aliphatic carbocycles. The van der Waals surface area contributed by atoms with Crippen molar-refractivity contribution < 1.29 is 0 Å². The summed E-state index contributed by atoms with van der Waals surface area (Å²) < 4.78 is 3.49. The Morgan fingerprint density at radius 1 is 1.33 bits per heavy atom. The van der Waals surface area contributed by atoms with Crippen LogP contribution >= 0.6 is 0 Å². The summed E-state index contributed by atoms with van der Waals surface area (Å²) in [5, 5.41) is 0. The monoisotopic (exact) mass is 201 g/mol. The average molecular weight is 201 g/mol. The summed E-state index contributed by atoms with van der Waals surface area (Å²) >= 11 is 0. The van der Waals surface area contributed by atoms with Crippen molar-refractivity contribution >= 4 is 11.6 Å². The fourth-order valence-corrected chi connectivity index (χ4v) is 1.74. The van der Waals surface area contributed by atoms with Gasteiger partial charge in [-0.2, -0.15) is 4.98 Å². The van der Waals surface area contributed by atoms with Gasteiger partial charge in [0.1, 0.15) is 5.52 Å². The van der Waals surface area contributed by atoms with Crippen molar-refractivity contribution in [1.29, 1.82) is 0 Å². The van der Waals surface area contributed by atoms with E-state index in [1.807, 2.05) is 10.8 Å². The van der Waals surface area contributed by atoms with Gasteiger partial charge in [-0.1, -0.05) is 6.08 Å². The molecule has 0 saturated carbocycles. The maximum Gasteiger partial charge on any atom is 0.297 e. The van der Waals surface area contributed by atoms with Crippen LogP contribution in [0.2, 0.25) is 0 Å². The first-order chi connectivity index (χ1) is 7.25. The van der Waals surface area contributed by atoms with Crippen molar-refractivity contribution in [2.45, 2.75) is 6.54 Å². The zero-order valence-corrected chi connectivity index (χ0v) is 7.75. The van der Waals surface area contributed by atoms with Crippen molar-refractivity contribution in [1.82, 2.24) is 14.2 Å². The Morgan fingerprint density at radius 2 is 2.20 bits per heavy atom. The van der Waals surface area contributed by atoms with Crippen molar-refractivity contribution in [2.75, 3.05) is 0 Å². The molecule has 3 rings (SSSR count).